The number of hydrogen-bond acceptors (Lipinski definition) is 6. The minimum Gasteiger partial charge on any atom is -0.302 e. The van der Waals surface area contributed by atoms with Crippen molar-refractivity contribution in [3.63, 3.8) is 0 Å². The topological polar surface area (TPSA) is 86.3 Å². The molecule has 2 heterocycles. The number of nitrogens with zero attached hydrogens (tertiary/aromatic N) is 7. The Balaban J connectivity index is 1.40. The molecule has 0 radical (unpaired) electrons. The van der Waals surface area contributed by atoms with Crippen LogP contribution < -0.4 is 5.32 Å². The normalized spacial score (nSPS) is 24.6. The van der Waals surface area contributed by atoms with E-state index in [0.717, 1.165) is 61.1 Å². The molecule has 2 aliphatic rings. The van der Waals surface area contributed by atoms with E-state index in [0.29, 0.717) is 0 Å². The van der Waals surface area contributed by atoms with Gasteiger partial charge in [-0.05, 0) is 66.1 Å². The molecule has 8 nitrogen and oxygen atoms in total. The van der Waals surface area contributed by atoms with E-state index in [1.165, 1.54) is 6.07 Å². The fourth-order valence-electron chi connectivity index (χ4n) is 4.58. The molecule has 2 aromatic heterocycles. The van der Waals surface area contributed by atoms with Crippen molar-refractivity contribution in [1.82, 2.24) is 40.5 Å². The van der Waals surface area contributed by atoms with E-state index in [1.807, 2.05) is 27.7 Å². The average molecular weight is 475 g/mol. The Morgan fingerprint density at radius 1 is 1.27 bits per heavy atom. The fraction of sp³-hybridized carbons (Fsp3) is 0.550. The number of nitrogens with one attached hydrogen (secondary N) is 1. The highest BCUT2D eigenvalue weighted by molar-refractivity contribution is 9.10. The van der Waals surface area contributed by atoms with Crippen molar-refractivity contribution in [2.45, 2.75) is 62.6 Å². The van der Waals surface area contributed by atoms with E-state index in [2.05, 4.69) is 54.0 Å². The molecule has 0 saturated heterocycles. The minimum atomic E-state index is -0.376. The van der Waals surface area contributed by atoms with Crippen LogP contribution in [-0.2, 0) is 17.6 Å². The molecule has 0 atom stereocenters. The Bertz CT molecular complexity index is 1020. The van der Waals surface area contributed by atoms with Crippen molar-refractivity contribution in [3.05, 3.63) is 52.3 Å². The Hall–Kier alpha value is -2.20. The summed E-state index contributed by atoms with van der Waals surface area (Å²) in [7, 11) is 0. The van der Waals surface area contributed by atoms with Gasteiger partial charge in [-0.3, -0.25) is 0 Å². The quantitative estimate of drug-likeness (QED) is 0.539. The first-order valence-corrected chi connectivity index (χ1v) is 11.2. The maximum atomic E-state index is 14.6. The molecule has 10 heteroatoms. The minimum absolute atomic E-state index is 0.0412. The van der Waals surface area contributed by atoms with Gasteiger partial charge in [-0.15, -0.1) is 10.2 Å². The van der Waals surface area contributed by atoms with Gasteiger partial charge in [0.1, 0.15) is 5.82 Å². The van der Waals surface area contributed by atoms with Crippen LogP contribution in [0.2, 0.25) is 0 Å². The summed E-state index contributed by atoms with van der Waals surface area (Å²) in [6.45, 7) is 3.62. The van der Waals surface area contributed by atoms with Gasteiger partial charge < -0.3 is 5.32 Å². The molecule has 0 spiro atoms. The van der Waals surface area contributed by atoms with Gasteiger partial charge in [0.05, 0.1) is 17.3 Å². The first kappa shape index (κ1) is 19.7. The smallest absolute Gasteiger partial charge is 0.171 e. The summed E-state index contributed by atoms with van der Waals surface area (Å²) in [6.07, 6.45) is 8.21. The molecule has 2 fully saturated rings. The summed E-state index contributed by atoms with van der Waals surface area (Å²) < 4.78 is 19.2. The first-order chi connectivity index (χ1) is 14.6. The van der Waals surface area contributed by atoms with Gasteiger partial charge in [-0.2, -0.15) is 0 Å². The molecule has 1 aromatic carbocycles. The second-order valence-electron chi connectivity index (χ2n) is 8.50. The Morgan fingerprint density at radius 2 is 2.10 bits per heavy atom. The van der Waals surface area contributed by atoms with Crippen LogP contribution in [0.5, 0.6) is 0 Å². The predicted molar refractivity (Wildman–Crippen MR) is 111 cm³/mol. The lowest BCUT2D eigenvalue weighted by Crippen LogP contribution is -2.55. The number of aromatic nitrogens is 7. The predicted octanol–water partition coefficient (Wildman–Crippen LogP) is 3.13. The summed E-state index contributed by atoms with van der Waals surface area (Å²) in [4.78, 5) is 0. The van der Waals surface area contributed by atoms with Gasteiger partial charge in [0.25, 0.3) is 0 Å². The molecule has 158 valence electrons. The van der Waals surface area contributed by atoms with Crippen LogP contribution in [0.3, 0.4) is 0 Å². The Labute approximate surface area is 182 Å². The van der Waals surface area contributed by atoms with Gasteiger partial charge in [-0.1, -0.05) is 34.1 Å². The van der Waals surface area contributed by atoms with Gasteiger partial charge in [0.2, 0.25) is 0 Å². The van der Waals surface area contributed by atoms with Crippen LogP contribution in [0.4, 0.5) is 4.39 Å². The average Bonchev–Trinajstić information content (AvgIpc) is 3.08. The van der Waals surface area contributed by atoms with Crippen molar-refractivity contribution < 1.29 is 4.39 Å². The lowest BCUT2D eigenvalue weighted by molar-refractivity contribution is 0.120. The summed E-state index contributed by atoms with van der Waals surface area (Å²) in [5, 5.41) is 24.5. The molecular weight excluding hydrogens is 451 g/mol. The molecular formula is C20H24BrFN8. The van der Waals surface area contributed by atoms with Crippen molar-refractivity contribution >= 4 is 15.9 Å². The van der Waals surface area contributed by atoms with Gasteiger partial charge in [0.15, 0.2) is 5.82 Å². The van der Waals surface area contributed by atoms with E-state index >= 15 is 0 Å². The Morgan fingerprint density at radius 3 is 2.77 bits per heavy atom. The molecule has 5 rings (SSSR count). The zero-order chi connectivity index (χ0) is 20.8. The van der Waals surface area contributed by atoms with Crippen LogP contribution in [0.1, 0.15) is 56.3 Å². The lowest BCUT2D eigenvalue weighted by Gasteiger charge is -2.48. The molecule has 0 unspecified atom stereocenters. The van der Waals surface area contributed by atoms with Crippen molar-refractivity contribution in [2.24, 2.45) is 0 Å². The fourth-order valence-corrected chi connectivity index (χ4v) is 4.91. The maximum Gasteiger partial charge on any atom is 0.171 e. The number of benzene rings is 1. The van der Waals surface area contributed by atoms with E-state index in [9.17, 15) is 4.39 Å². The molecule has 1 N–H and O–H groups in total. The van der Waals surface area contributed by atoms with Crippen LogP contribution in [-0.4, -0.2) is 41.7 Å². The standard InChI is InChI=1S/C20H24BrFN8/c1-2-8-29-18(25-26-28-29)20(23-13-19(5-6-19)30-9-7-24-27-30)11-14(12-20)16-4-3-15(21)10-17(16)22/h3-4,7,9-10,14,23H,2,5-6,8,11-13H2,1H3. The van der Waals surface area contributed by atoms with Crippen molar-refractivity contribution in [1.29, 1.82) is 0 Å². The largest absolute Gasteiger partial charge is 0.302 e. The third kappa shape index (κ3) is 3.35. The highest BCUT2D eigenvalue weighted by Gasteiger charge is 2.53. The van der Waals surface area contributed by atoms with Crippen molar-refractivity contribution in [2.75, 3.05) is 6.54 Å². The summed E-state index contributed by atoms with van der Waals surface area (Å²) >= 11 is 3.34. The molecule has 3 aromatic rings. The number of hydrogen-bond donors (Lipinski definition) is 1. The molecule has 0 aliphatic heterocycles. The number of tetrazole rings is 1. The summed E-state index contributed by atoms with van der Waals surface area (Å²) in [5.41, 5.74) is 0.335. The SMILES string of the molecule is CCCn1nnnc1C1(NCC2(n3ccnn3)CC2)CC(c2ccc(Br)cc2F)C1. The molecule has 30 heavy (non-hydrogen) atoms. The third-order valence-electron chi connectivity index (χ3n) is 6.48. The number of halogens is 2. The Kier molecular flexibility index (Phi) is 4.93. The maximum absolute atomic E-state index is 14.6. The highest BCUT2D eigenvalue weighted by atomic mass is 79.9. The van der Waals surface area contributed by atoms with Crippen LogP contribution in [0, 0.1) is 5.82 Å². The van der Waals surface area contributed by atoms with Gasteiger partial charge in [-0.25, -0.2) is 13.8 Å². The van der Waals surface area contributed by atoms with Crippen molar-refractivity contribution in [3.8, 4) is 0 Å². The third-order valence-corrected chi connectivity index (χ3v) is 6.97. The van der Waals surface area contributed by atoms with E-state index in [1.54, 1.807) is 6.20 Å². The second kappa shape index (κ2) is 7.49. The molecule has 0 amide bonds. The number of rotatable bonds is 8. The van der Waals surface area contributed by atoms with Crippen LogP contribution in [0.25, 0.3) is 0 Å². The molecule has 2 saturated carbocycles. The van der Waals surface area contributed by atoms with E-state index in [-0.39, 0.29) is 22.8 Å². The van der Waals surface area contributed by atoms with Gasteiger partial charge >= 0.3 is 0 Å². The monoisotopic (exact) mass is 474 g/mol. The number of aryl methyl sites for hydroxylation is 1. The highest BCUT2D eigenvalue weighted by Crippen LogP contribution is 2.52. The van der Waals surface area contributed by atoms with Gasteiger partial charge in [0, 0.05) is 23.8 Å². The molecule has 0 bridgehead atoms. The second-order valence-corrected chi connectivity index (χ2v) is 9.42. The lowest BCUT2D eigenvalue weighted by atomic mass is 9.64. The first-order valence-electron chi connectivity index (χ1n) is 10.4. The zero-order valence-electron chi connectivity index (χ0n) is 16.8. The van der Waals surface area contributed by atoms with Crippen LogP contribution >= 0.6 is 15.9 Å². The van der Waals surface area contributed by atoms with Crippen LogP contribution in [0.15, 0.2) is 35.1 Å². The molecule has 2 aliphatic carbocycles. The summed E-state index contributed by atoms with van der Waals surface area (Å²) in [5.74, 6) is 0.795. The van der Waals surface area contributed by atoms with E-state index < -0.39 is 0 Å². The van der Waals surface area contributed by atoms with E-state index in [4.69, 9.17) is 0 Å². The zero-order valence-corrected chi connectivity index (χ0v) is 18.4. The summed E-state index contributed by atoms with van der Waals surface area (Å²) in [6, 6.07) is 5.31.